The van der Waals surface area contributed by atoms with Gasteiger partial charge in [-0.15, -0.1) is 11.8 Å². The van der Waals surface area contributed by atoms with Crippen LogP contribution in [0.25, 0.3) is 16.9 Å². The molecule has 3 aromatic carbocycles. The zero-order valence-electron chi connectivity index (χ0n) is 18.2. The molecule has 0 N–H and O–H groups in total. The average molecular weight is 445 g/mol. The van der Waals surface area contributed by atoms with E-state index in [2.05, 4.69) is 0 Å². The van der Waals surface area contributed by atoms with Gasteiger partial charge < -0.3 is 4.74 Å². The molecule has 0 fully saturated rings. The number of nitrogens with zero attached hydrogens (tertiary/aromatic N) is 2. The van der Waals surface area contributed by atoms with Gasteiger partial charge in [0.05, 0.1) is 25.0 Å². The van der Waals surface area contributed by atoms with Gasteiger partial charge in [0.25, 0.3) is 5.56 Å². The Kier molecular flexibility index (Phi) is 6.32. The first-order valence-electron chi connectivity index (χ1n) is 10.2. The molecule has 0 saturated heterocycles. The van der Waals surface area contributed by atoms with Crippen LogP contribution in [0.2, 0.25) is 0 Å². The summed E-state index contributed by atoms with van der Waals surface area (Å²) in [5.41, 5.74) is 3.29. The fourth-order valence-corrected chi connectivity index (χ4v) is 4.00. The Balaban J connectivity index is 1.92. The number of aryl methyl sites for hydroxylation is 1. The Hall–Kier alpha value is -3.51. The molecule has 32 heavy (non-hydrogen) atoms. The van der Waals surface area contributed by atoms with Crippen molar-refractivity contribution in [3.63, 3.8) is 0 Å². The van der Waals surface area contributed by atoms with Crippen LogP contribution in [0.3, 0.4) is 0 Å². The molecule has 0 bridgehead atoms. The molecule has 0 aliphatic heterocycles. The van der Waals surface area contributed by atoms with Gasteiger partial charge in [-0.1, -0.05) is 42.0 Å². The third kappa shape index (κ3) is 4.41. The lowest BCUT2D eigenvalue weighted by Crippen LogP contribution is -2.39. The quantitative estimate of drug-likeness (QED) is 0.403. The molecule has 1 aromatic heterocycles. The number of aromatic nitrogens is 2. The number of thioether (sulfide) groups is 1. The smallest absolute Gasteiger partial charge is 0.336 e. The SMILES string of the molecule is COc1cccc(Cn2c(=O)cc(-c3ccc(C)cc3)n(-c3ccc(SC)cc3)c2=O)c1. The molecule has 4 aromatic rings. The maximum Gasteiger partial charge on any atom is 0.336 e. The topological polar surface area (TPSA) is 53.2 Å². The highest BCUT2D eigenvalue weighted by atomic mass is 32.2. The van der Waals surface area contributed by atoms with E-state index in [1.807, 2.05) is 86.0 Å². The zero-order valence-corrected chi connectivity index (χ0v) is 19.1. The first-order valence-corrected chi connectivity index (χ1v) is 11.4. The van der Waals surface area contributed by atoms with Gasteiger partial charge in [0.1, 0.15) is 5.75 Å². The monoisotopic (exact) mass is 444 g/mol. The summed E-state index contributed by atoms with van der Waals surface area (Å²) < 4.78 is 8.15. The molecule has 4 rings (SSSR count). The Morgan fingerprint density at radius 1 is 0.906 bits per heavy atom. The van der Waals surface area contributed by atoms with Crippen LogP contribution in [0.1, 0.15) is 11.1 Å². The standard InChI is InChI=1S/C26H24N2O3S/c1-18-7-9-20(10-8-18)24-16-25(29)27(17-19-5-4-6-22(15-19)31-2)26(30)28(24)21-11-13-23(32-3)14-12-21/h4-16H,17H2,1-3H3. The number of methoxy groups -OCH3 is 1. The predicted molar refractivity (Wildman–Crippen MR) is 130 cm³/mol. The van der Waals surface area contributed by atoms with Gasteiger partial charge in [0.15, 0.2) is 0 Å². The number of hydrogen-bond acceptors (Lipinski definition) is 4. The maximum absolute atomic E-state index is 13.7. The molecule has 0 radical (unpaired) electrons. The molecule has 5 nitrogen and oxygen atoms in total. The largest absolute Gasteiger partial charge is 0.497 e. The second kappa shape index (κ2) is 9.32. The van der Waals surface area contributed by atoms with Gasteiger partial charge in [-0.3, -0.25) is 13.9 Å². The van der Waals surface area contributed by atoms with E-state index in [1.165, 1.54) is 10.6 Å². The summed E-state index contributed by atoms with van der Waals surface area (Å²) in [4.78, 5) is 27.8. The van der Waals surface area contributed by atoms with Crippen LogP contribution in [0.5, 0.6) is 5.75 Å². The summed E-state index contributed by atoms with van der Waals surface area (Å²) in [7, 11) is 1.59. The van der Waals surface area contributed by atoms with Crippen LogP contribution in [-0.4, -0.2) is 22.5 Å². The summed E-state index contributed by atoms with van der Waals surface area (Å²) in [6.45, 7) is 2.16. The molecular weight excluding hydrogens is 420 g/mol. The Labute approximate surface area is 190 Å². The number of benzene rings is 3. The zero-order chi connectivity index (χ0) is 22.7. The van der Waals surface area contributed by atoms with Crippen LogP contribution in [0, 0.1) is 6.92 Å². The molecule has 0 atom stereocenters. The van der Waals surface area contributed by atoms with Crippen molar-refractivity contribution in [1.82, 2.24) is 9.13 Å². The normalized spacial score (nSPS) is 10.8. The first-order chi connectivity index (χ1) is 15.5. The molecule has 0 unspecified atom stereocenters. The summed E-state index contributed by atoms with van der Waals surface area (Å²) in [5.74, 6) is 0.680. The molecule has 0 saturated carbocycles. The first kappa shape index (κ1) is 21.7. The van der Waals surface area contributed by atoms with Gasteiger partial charge in [0.2, 0.25) is 0 Å². The van der Waals surface area contributed by atoms with Gasteiger partial charge in [-0.2, -0.15) is 0 Å². The van der Waals surface area contributed by atoms with Crippen LogP contribution in [-0.2, 0) is 6.54 Å². The van der Waals surface area contributed by atoms with Crippen molar-refractivity contribution in [1.29, 1.82) is 0 Å². The van der Waals surface area contributed by atoms with E-state index in [-0.39, 0.29) is 17.8 Å². The maximum atomic E-state index is 13.7. The second-order valence-electron chi connectivity index (χ2n) is 7.49. The lowest BCUT2D eigenvalue weighted by atomic mass is 10.1. The molecular formula is C26H24N2O3S. The summed E-state index contributed by atoms with van der Waals surface area (Å²) >= 11 is 1.64. The van der Waals surface area contributed by atoms with Crippen molar-refractivity contribution in [3.05, 3.63) is 111 Å². The van der Waals surface area contributed by atoms with Gasteiger partial charge >= 0.3 is 5.69 Å². The van der Waals surface area contributed by atoms with Crippen molar-refractivity contribution >= 4 is 11.8 Å². The van der Waals surface area contributed by atoms with Crippen LogP contribution in [0.4, 0.5) is 0 Å². The lowest BCUT2D eigenvalue weighted by molar-refractivity contribution is 0.414. The van der Waals surface area contributed by atoms with Crippen molar-refractivity contribution in [3.8, 4) is 22.7 Å². The van der Waals surface area contributed by atoms with Crippen molar-refractivity contribution < 1.29 is 4.74 Å². The van der Waals surface area contributed by atoms with E-state index in [4.69, 9.17) is 4.74 Å². The summed E-state index contributed by atoms with van der Waals surface area (Å²) in [6, 6.07) is 24.5. The summed E-state index contributed by atoms with van der Waals surface area (Å²) in [5, 5.41) is 0. The molecule has 0 spiro atoms. The Bertz CT molecular complexity index is 1350. The van der Waals surface area contributed by atoms with E-state index in [9.17, 15) is 9.59 Å². The number of ether oxygens (including phenoxy) is 1. The average Bonchev–Trinajstić information content (AvgIpc) is 2.82. The Morgan fingerprint density at radius 2 is 1.62 bits per heavy atom. The lowest BCUT2D eigenvalue weighted by Gasteiger charge is -2.16. The predicted octanol–water partition coefficient (Wildman–Crippen LogP) is 4.75. The minimum absolute atomic E-state index is 0.159. The van der Waals surface area contributed by atoms with Crippen LogP contribution in [0.15, 0.2) is 93.3 Å². The molecule has 0 aliphatic rings. The summed E-state index contributed by atoms with van der Waals surface area (Å²) in [6.07, 6.45) is 2.01. The minimum atomic E-state index is -0.382. The van der Waals surface area contributed by atoms with Crippen molar-refractivity contribution in [2.75, 3.05) is 13.4 Å². The number of rotatable bonds is 6. The molecule has 1 heterocycles. The van der Waals surface area contributed by atoms with Crippen molar-refractivity contribution in [2.24, 2.45) is 0 Å². The van der Waals surface area contributed by atoms with Crippen LogP contribution >= 0.6 is 11.8 Å². The van der Waals surface area contributed by atoms with Crippen molar-refractivity contribution in [2.45, 2.75) is 18.4 Å². The van der Waals surface area contributed by atoms with E-state index < -0.39 is 0 Å². The van der Waals surface area contributed by atoms with E-state index in [0.717, 1.165) is 21.6 Å². The third-order valence-electron chi connectivity index (χ3n) is 5.34. The molecule has 0 amide bonds. The second-order valence-corrected chi connectivity index (χ2v) is 8.37. The van der Waals surface area contributed by atoms with E-state index >= 15 is 0 Å². The Morgan fingerprint density at radius 3 is 2.28 bits per heavy atom. The highest BCUT2D eigenvalue weighted by Crippen LogP contribution is 2.23. The fraction of sp³-hybridized carbons (Fsp3) is 0.154. The number of hydrogen-bond donors (Lipinski definition) is 0. The van der Waals surface area contributed by atoms with Gasteiger partial charge in [-0.05, 0) is 60.7 Å². The van der Waals surface area contributed by atoms with Crippen LogP contribution < -0.4 is 16.0 Å². The molecule has 0 aliphatic carbocycles. The molecule has 162 valence electrons. The third-order valence-corrected chi connectivity index (χ3v) is 6.09. The highest BCUT2D eigenvalue weighted by Gasteiger charge is 2.15. The van der Waals surface area contributed by atoms with E-state index in [0.29, 0.717) is 17.1 Å². The van der Waals surface area contributed by atoms with E-state index in [1.54, 1.807) is 23.4 Å². The fourth-order valence-electron chi connectivity index (χ4n) is 3.59. The highest BCUT2D eigenvalue weighted by molar-refractivity contribution is 7.98. The van der Waals surface area contributed by atoms with Gasteiger partial charge in [0, 0.05) is 11.0 Å². The van der Waals surface area contributed by atoms with Gasteiger partial charge in [-0.25, -0.2) is 4.79 Å². The minimum Gasteiger partial charge on any atom is -0.497 e. The molecule has 6 heteroatoms.